The van der Waals surface area contributed by atoms with Crippen LogP contribution in [0, 0.1) is 0 Å². The largest absolute Gasteiger partial charge is 0.373 e. The highest BCUT2D eigenvalue weighted by Crippen LogP contribution is 2.38. The summed E-state index contributed by atoms with van der Waals surface area (Å²) < 4.78 is 5.50. The molecule has 0 amide bonds. The number of halogens is 1. The van der Waals surface area contributed by atoms with Crippen molar-refractivity contribution in [1.82, 2.24) is 9.97 Å². The zero-order valence-electron chi connectivity index (χ0n) is 11.0. The van der Waals surface area contributed by atoms with Crippen LogP contribution in [-0.2, 0) is 24.2 Å². The predicted molar refractivity (Wildman–Crippen MR) is 79.0 cm³/mol. The monoisotopic (exact) mass is 296 g/mol. The number of nitrogens with zero attached hydrogens (tertiary/aromatic N) is 2. The van der Waals surface area contributed by atoms with Crippen molar-refractivity contribution in [2.75, 3.05) is 6.61 Å². The Labute approximate surface area is 122 Å². The van der Waals surface area contributed by atoms with Gasteiger partial charge in [0.2, 0.25) is 0 Å². The van der Waals surface area contributed by atoms with Gasteiger partial charge in [-0.05, 0) is 37.7 Å². The van der Waals surface area contributed by atoms with Crippen LogP contribution in [0.1, 0.15) is 42.5 Å². The summed E-state index contributed by atoms with van der Waals surface area (Å²) in [6, 6.07) is 0. The van der Waals surface area contributed by atoms with Crippen LogP contribution in [0.5, 0.6) is 0 Å². The molecule has 2 heterocycles. The number of hydrogen-bond acceptors (Lipinski definition) is 4. The van der Waals surface area contributed by atoms with Gasteiger partial charge in [0.25, 0.3) is 0 Å². The molecule has 0 saturated carbocycles. The van der Waals surface area contributed by atoms with Gasteiger partial charge in [-0.2, -0.15) is 0 Å². The van der Waals surface area contributed by atoms with Gasteiger partial charge in [-0.3, -0.25) is 0 Å². The molecule has 0 unspecified atom stereocenters. The number of thiophene rings is 1. The number of rotatable bonds is 4. The lowest BCUT2D eigenvalue weighted by molar-refractivity contribution is 0.116. The van der Waals surface area contributed by atoms with Crippen molar-refractivity contribution in [3.8, 4) is 0 Å². The molecule has 3 rings (SSSR count). The molecule has 0 aromatic carbocycles. The van der Waals surface area contributed by atoms with E-state index >= 15 is 0 Å². The molecule has 0 radical (unpaired) electrons. The lowest BCUT2D eigenvalue weighted by Gasteiger charge is -2.10. The van der Waals surface area contributed by atoms with E-state index in [0.29, 0.717) is 17.6 Å². The highest BCUT2D eigenvalue weighted by molar-refractivity contribution is 7.19. The molecule has 2 aromatic rings. The van der Waals surface area contributed by atoms with Crippen LogP contribution in [0.4, 0.5) is 0 Å². The smallest absolute Gasteiger partial charge is 0.157 e. The molecule has 0 saturated heterocycles. The molecular formula is C14H17ClN2OS. The Bertz CT molecular complexity index is 597. The molecule has 19 heavy (non-hydrogen) atoms. The summed E-state index contributed by atoms with van der Waals surface area (Å²) in [5.74, 6) is 0.699. The zero-order chi connectivity index (χ0) is 13.2. The summed E-state index contributed by atoms with van der Waals surface area (Å²) in [7, 11) is 0. The summed E-state index contributed by atoms with van der Waals surface area (Å²) in [5, 5.41) is 1.68. The lowest BCUT2D eigenvalue weighted by atomic mass is 9.97. The van der Waals surface area contributed by atoms with Gasteiger partial charge in [-0.1, -0.05) is 18.5 Å². The van der Waals surface area contributed by atoms with E-state index in [-0.39, 0.29) is 0 Å². The third kappa shape index (κ3) is 2.62. The zero-order valence-corrected chi connectivity index (χ0v) is 12.6. The Morgan fingerprint density at radius 3 is 2.95 bits per heavy atom. The van der Waals surface area contributed by atoms with E-state index in [9.17, 15) is 0 Å². The third-order valence-electron chi connectivity index (χ3n) is 3.40. The highest BCUT2D eigenvalue weighted by atomic mass is 35.5. The van der Waals surface area contributed by atoms with Gasteiger partial charge in [0.1, 0.15) is 16.6 Å². The second kappa shape index (κ2) is 5.73. The van der Waals surface area contributed by atoms with Crippen LogP contribution in [0.15, 0.2) is 0 Å². The average molecular weight is 297 g/mol. The van der Waals surface area contributed by atoms with Gasteiger partial charge >= 0.3 is 0 Å². The predicted octanol–water partition coefficient (Wildman–Crippen LogP) is 4.15. The molecule has 0 bridgehead atoms. The number of aromatic nitrogens is 2. The minimum Gasteiger partial charge on any atom is -0.373 e. The fourth-order valence-corrected chi connectivity index (χ4v) is 4.16. The second-order valence-corrected chi connectivity index (χ2v) is 6.32. The van der Waals surface area contributed by atoms with Gasteiger partial charge in [0, 0.05) is 11.5 Å². The Morgan fingerprint density at radius 2 is 2.11 bits per heavy atom. The third-order valence-corrected chi connectivity index (χ3v) is 4.86. The topological polar surface area (TPSA) is 35.0 Å². The molecular weight excluding hydrogens is 280 g/mol. The van der Waals surface area contributed by atoms with Gasteiger partial charge < -0.3 is 4.74 Å². The summed E-state index contributed by atoms with van der Waals surface area (Å²) in [4.78, 5) is 11.5. The summed E-state index contributed by atoms with van der Waals surface area (Å²) >= 11 is 8.13. The first-order valence-corrected chi connectivity index (χ1v) is 8.03. The molecule has 3 nitrogen and oxygen atoms in total. The maximum Gasteiger partial charge on any atom is 0.157 e. The minimum absolute atomic E-state index is 0.450. The fourth-order valence-electron chi connectivity index (χ4n) is 2.53. The normalized spacial score (nSPS) is 14.8. The number of fused-ring (bicyclic) bond motifs is 3. The maximum absolute atomic E-state index is 6.35. The maximum atomic E-state index is 6.35. The summed E-state index contributed by atoms with van der Waals surface area (Å²) in [6.45, 7) is 3.27. The van der Waals surface area contributed by atoms with Crippen LogP contribution in [0.2, 0.25) is 5.15 Å². The molecule has 0 spiro atoms. The average Bonchev–Trinajstić information content (AvgIpc) is 2.77. The second-order valence-electron chi connectivity index (χ2n) is 4.87. The molecule has 0 N–H and O–H groups in total. The van der Waals surface area contributed by atoms with Crippen molar-refractivity contribution < 1.29 is 4.74 Å². The van der Waals surface area contributed by atoms with E-state index in [2.05, 4.69) is 16.9 Å². The van der Waals surface area contributed by atoms with E-state index in [1.807, 2.05) is 0 Å². The number of aryl methyl sites for hydroxylation is 2. The fraction of sp³-hybridized carbons (Fsp3) is 0.571. The molecule has 102 valence electrons. The van der Waals surface area contributed by atoms with E-state index in [1.165, 1.54) is 23.3 Å². The Hall–Kier alpha value is -0.710. The first-order valence-electron chi connectivity index (χ1n) is 6.84. The Morgan fingerprint density at radius 1 is 1.26 bits per heavy atom. The van der Waals surface area contributed by atoms with Gasteiger partial charge in [-0.25, -0.2) is 9.97 Å². The highest BCUT2D eigenvalue weighted by Gasteiger charge is 2.20. The van der Waals surface area contributed by atoms with E-state index in [0.717, 1.165) is 36.1 Å². The molecule has 1 aliphatic carbocycles. The van der Waals surface area contributed by atoms with Crippen molar-refractivity contribution >= 4 is 33.2 Å². The first kappa shape index (κ1) is 13.3. The molecule has 0 atom stereocenters. The van der Waals surface area contributed by atoms with Crippen LogP contribution >= 0.6 is 22.9 Å². The van der Waals surface area contributed by atoms with Crippen LogP contribution < -0.4 is 0 Å². The van der Waals surface area contributed by atoms with Crippen LogP contribution in [0.3, 0.4) is 0 Å². The lowest BCUT2D eigenvalue weighted by Crippen LogP contribution is -2.01. The minimum atomic E-state index is 0.450. The van der Waals surface area contributed by atoms with Crippen LogP contribution in [-0.4, -0.2) is 16.6 Å². The molecule has 5 heteroatoms. The SMILES string of the molecule is CCCOCc1nc(Cl)c2c3c(sc2n1)CCCC3. The van der Waals surface area contributed by atoms with Crippen molar-refractivity contribution in [3.05, 3.63) is 21.4 Å². The van der Waals surface area contributed by atoms with E-state index in [1.54, 1.807) is 11.3 Å². The van der Waals surface area contributed by atoms with Crippen molar-refractivity contribution in [2.24, 2.45) is 0 Å². The Kier molecular flexibility index (Phi) is 4.01. The van der Waals surface area contributed by atoms with Gasteiger partial charge in [0.05, 0.1) is 5.39 Å². The summed E-state index contributed by atoms with van der Waals surface area (Å²) in [6.07, 6.45) is 5.80. The number of ether oxygens (including phenoxy) is 1. The molecule has 1 aliphatic rings. The van der Waals surface area contributed by atoms with Crippen molar-refractivity contribution in [2.45, 2.75) is 45.6 Å². The van der Waals surface area contributed by atoms with Crippen molar-refractivity contribution in [3.63, 3.8) is 0 Å². The Balaban J connectivity index is 1.97. The van der Waals surface area contributed by atoms with E-state index < -0.39 is 0 Å². The standard InChI is InChI=1S/C14H17ClN2OS/c1-2-7-18-8-11-16-13(15)12-9-5-3-4-6-10(9)19-14(12)17-11/h2-8H2,1H3. The molecule has 0 fully saturated rings. The summed E-state index contributed by atoms with van der Waals surface area (Å²) in [5.41, 5.74) is 1.39. The number of hydrogen-bond donors (Lipinski definition) is 0. The first-order chi connectivity index (χ1) is 9.29. The van der Waals surface area contributed by atoms with Crippen molar-refractivity contribution in [1.29, 1.82) is 0 Å². The quantitative estimate of drug-likeness (QED) is 0.628. The van der Waals surface area contributed by atoms with Crippen LogP contribution in [0.25, 0.3) is 10.2 Å². The van der Waals surface area contributed by atoms with Gasteiger partial charge in [-0.15, -0.1) is 11.3 Å². The van der Waals surface area contributed by atoms with E-state index in [4.69, 9.17) is 16.3 Å². The molecule has 2 aromatic heterocycles. The molecule has 0 aliphatic heterocycles. The van der Waals surface area contributed by atoms with Gasteiger partial charge in [0.15, 0.2) is 5.82 Å².